The average Bonchev–Trinajstić information content (AvgIpc) is 1.99. The van der Waals surface area contributed by atoms with Crippen LogP contribution in [0.25, 0.3) is 0 Å². The van der Waals surface area contributed by atoms with Gasteiger partial charge in [-0.3, -0.25) is 0 Å². The third-order valence-corrected chi connectivity index (χ3v) is 1.93. The van der Waals surface area contributed by atoms with Crippen molar-refractivity contribution in [1.29, 1.82) is 0 Å². The molecule has 0 aromatic rings. The molecule has 0 spiro atoms. The van der Waals surface area contributed by atoms with Gasteiger partial charge in [-0.15, -0.1) is 0 Å². The van der Waals surface area contributed by atoms with Crippen LogP contribution >= 0.6 is 15.9 Å². The average molecular weight is 207 g/mol. The van der Waals surface area contributed by atoms with E-state index in [-0.39, 0.29) is 10.8 Å². The topological polar surface area (TPSA) is 26.3 Å². The van der Waals surface area contributed by atoms with Crippen molar-refractivity contribution in [2.45, 2.75) is 18.2 Å². The van der Waals surface area contributed by atoms with Gasteiger partial charge in [0.2, 0.25) is 0 Å². The molecule has 3 heteroatoms. The fourth-order valence-corrected chi connectivity index (χ4v) is 0.481. The molecule has 58 valence electrons. The van der Waals surface area contributed by atoms with Crippen molar-refractivity contribution in [2.24, 2.45) is 0 Å². The van der Waals surface area contributed by atoms with E-state index in [2.05, 4.69) is 22.5 Å². The smallest absolute Gasteiger partial charge is 0.330 e. The van der Waals surface area contributed by atoms with E-state index in [4.69, 9.17) is 4.74 Å². The van der Waals surface area contributed by atoms with Crippen LogP contribution in [-0.2, 0) is 9.53 Å². The summed E-state index contributed by atoms with van der Waals surface area (Å²) in [6.07, 6.45) is 2.11. The molecule has 0 bridgehead atoms. The molecule has 0 saturated heterocycles. The van der Waals surface area contributed by atoms with E-state index in [0.717, 1.165) is 12.5 Å². The van der Waals surface area contributed by atoms with E-state index < -0.39 is 0 Å². The Balaban J connectivity index is 3.34. The normalized spacial score (nSPS) is 12.2. The first-order valence-corrected chi connectivity index (χ1v) is 4.05. The molecule has 0 aliphatic rings. The van der Waals surface area contributed by atoms with E-state index in [0.29, 0.717) is 6.61 Å². The van der Waals surface area contributed by atoms with Crippen LogP contribution in [0.15, 0.2) is 12.7 Å². The van der Waals surface area contributed by atoms with Gasteiger partial charge >= 0.3 is 5.97 Å². The molecule has 0 aromatic heterocycles. The van der Waals surface area contributed by atoms with Crippen molar-refractivity contribution in [1.82, 2.24) is 0 Å². The minimum absolute atomic E-state index is 0.261. The first-order valence-electron chi connectivity index (χ1n) is 3.14. The Hall–Kier alpha value is -0.310. The van der Waals surface area contributed by atoms with E-state index in [1.165, 1.54) is 0 Å². The molecular formula is C7H11BrO2. The van der Waals surface area contributed by atoms with Gasteiger partial charge in [0.1, 0.15) is 6.61 Å². The van der Waals surface area contributed by atoms with Crippen molar-refractivity contribution >= 4 is 21.9 Å². The fraction of sp³-hybridized carbons (Fsp3) is 0.571. The SMILES string of the molecule is C=CC(=O)OCC(Br)CC. The lowest BCUT2D eigenvalue weighted by Gasteiger charge is -2.05. The molecule has 0 aliphatic carbocycles. The van der Waals surface area contributed by atoms with Gasteiger partial charge < -0.3 is 4.74 Å². The molecule has 0 fully saturated rings. The van der Waals surface area contributed by atoms with Gasteiger partial charge in [-0.25, -0.2) is 4.79 Å². The maximum atomic E-state index is 10.5. The number of hydrogen-bond acceptors (Lipinski definition) is 2. The molecule has 0 saturated carbocycles. The lowest BCUT2D eigenvalue weighted by Crippen LogP contribution is -2.10. The molecule has 0 aliphatic heterocycles. The molecule has 0 amide bonds. The predicted molar refractivity (Wildman–Crippen MR) is 44.2 cm³/mol. The summed E-state index contributed by atoms with van der Waals surface area (Å²) in [5.41, 5.74) is 0. The van der Waals surface area contributed by atoms with E-state index in [9.17, 15) is 4.79 Å². The van der Waals surface area contributed by atoms with Crippen LogP contribution in [0.3, 0.4) is 0 Å². The van der Waals surface area contributed by atoms with Gasteiger partial charge in [-0.05, 0) is 6.42 Å². The minimum atomic E-state index is -0.363. The molecule has 0 aromatic carbocycles. The highest BCUT2D eigenvalue weighted by atomic mass is 79.9. The summed E-state index contributed by atoms with van der Waals surface area (Å²) in [6, 6.07) is 0. The zero-order valence-electron chi connectivity index (χ0n) is 5.97. The molecule has 2 nitrogen and oxygen atoms in total. The number of alkyl halides is 1. The molecule has 0 N–H and O–H groups in total. The van der Waals surface area contributed by atoms with Gasteiger partial charge in [-0.2, -0.15) is 0 Å². The Morgan fingerprint density at radius 3 is 2.90 bits per heavy atom. The van der Waals surface area contributed by atoms with Crippen LogP contribution in [0, 0.1) is 0 Å². The number of halogens is 1. The first-order chi connectivity index (χ1) is 4.70. The van der Waals surface area contributed by atoms with Gasteiger partial charge in [0, 0.05) is 10.9 Å². The van der Waals surface area contributed by atoms with Crippen LogP contribution in [0.1, 0.15) is 13.3 Å². The highest BCUT2D eigenvalue weighted by Crippen LogP contribution is 2.03. The Bertz CT molecular complexity index is 123. The summed E-state index contributed by atoms with van der Waals surface area (Å²) < 4.78 is 4.74. The zero-order chi connectivity index (χ0) is 7.98. The zero-order valence-corrected chi connectivity index (χ0v) is 7.56. The molecule has 1 atom stereocenters. The Morgan fingerprint density at radius 2 is 2.50 bits per heavy atom. The van der Waals surface area contributed by atoms with Crippen LogP contribution in [0.4, 0.5) is 0 Å². The van der Waals surface area contributed by atoms with Crippen molar-refractivity contribution in [3.8, 4) is 0 Å². The molecular weight excluding hydrogens is 196 g/mol. The minimum Gasteiger partial charge on any atom is -0.461 e. The highest BCUT2D eigenvalue weighted by Gasteiger charge is 2.02. The van der Waals surface area contributed by atoms with Crippen molar-refractivity contribution < 1.29 is 9.53 Å². The van der Waals surface area contributed by atoms with Crippen LogP contribution in [-0.4, -0.2) is 17.4 Å². The summed E-state index contributed by atoms with van der Waals surface area (Å²) in [6.45, 7) is 5.71. The lowest BCUT2D eigenvalue weighted by atomic mass is 10.4. The van der Waals surface area contributed by atoms with E-state index in [1.807, 2.05) is 6.92 Å². The van der Waals surface area contributed by atoms with E-state index >= 15 is 0 Å². The third kappa shape index (κ3) is 4.56. The second-order valence-electron chi connectivity index (χ2n) is 1.84. The molecule has 0 rings (SSSR count). The summed E-state index contributed by atoms with van der Waals surface area (Å²) in [4.78, 5) is 10.7. The summed E-state index contributed by atoms with van der Waals surface area (Å²) in [5.74, 6) is -0.363. The summed E-state index contributed by atoms with van der Waals surface area (Å²) in [7, 11) is 0. The fourth-order valence-electron chi connectivity index (χ4n) is 0.349. The Kier molecular flexibility index (Phi) is 5.30. The number of carbonyl (C=O) groups excluding carboxylic acids is 1. The highest BCUT2D eigenvalue weighted by molar-refractivity contribution is 9.09. The number of esters is 1. The molecule has 10 heavy (non-hydrogen) atoms. The number of carbonyl (C=O) groups is 1. The largest absolute Gasteiger partial charge is 0.461 e. The standard InChI is InChI=1S/C7H11BrO2/c1-3-6(8)5-10-7(9)4-2/h4,6H,2-3,5H2,1H3. The van der Waals surface area contributed by atoms with Gasteiger partial charge in [0.05, 0.1) is 0 Å². The third-order valence-electron chi connectivity index (χ3n) is 1.02. The van der Waals surface area contributed by atoms with Crippen LogP contribution < -0.4 is 0 Å². The predicted octanol–water partition coefficient (Wildman–Crippen LogP) is 1.89. The van der Waals surface area contributed by atoms with Crippen molar-refractivity contribution in [3.05, 3.63) is 12.7 Å². The van der Waals surface area contributed by atoms with Gasteiger partial charge in [-0.1, -0.05) is 29.4 Å². The first kappa shape index (κ1) is 9.69. The second kappa shape index (κ2) is 5.47. The maximum absolute atomic E-state index is 10.5. The number of ether oxygens (including phenoxy) is 1. The Morgan fingerprint density at radius 1 is 1.90 bits per heavy atom. The molecule has 0 heterocycles. The maximum Gasteiger partial charge on any atom is 0.330 e. The van der Waals surface area contributed by atoms with Crippen molar-refractivity contribution in [2.75, 3.05) is 6.61 Å². The number of hydrogen-bond donors (Lipinski definition) is 0. The molecule has 1 unspecified atom stereocenters. The van der Waals surface area contributed by atoms with Crippen LogP contribution in [0.2, 0.25) is 0 Å². The lowest BCUT2D eigenvalue weighted by molar-refractivity contribution is -0.137. The monoisotopic (exact) mass is 206 g/mol. The summed E-state index contributed by atoms with van der Waals surface area (Å²) >= 11 is 3.32. The molecule has 0 radical (unpaired) electrons. The quantitative estimate of drug-likeness (QED) is 0.399. The van der Waals surface area contributed by atoms with Crippen LogP contribution in [0.5, 0.6) is 0 Å². The van der Waals surface area contributed by atoms with E-state index in [1.54, 1.807) is 0 Å². The summed E-state index contributed by atoms with van der Waals surface area (Å²) in [5, 5.41) is 0. The Labute approximate surface area is 69.4 Å². The number of rotatable bonds is 4. The van der Waals surface area contributed by atoms with Gasteiger partial charge in [0.15, 0.2) is 0 Å². The van der Waals surface area contributed by atoms with Crippen molar-refractivity contribution in [3.63, 3.8) is 0 Å². The second-order valence-corrected chi connectivity index (χ2v) is 3.13. The van der Waals surface area contributed by atoms with Gasteiger partial charge in [0.25, 0.3) is 0 Å².